The van der Waals surface area contributed by atoms with E-state index in [9.17, 15) is 31.1 Å². The number of rotatable bonds is 5. The fourth-order valence-corrected chi connectivity index (χ4v) is 3.54. The molecule has 1 amide bonds. The van der Waals surface area contributed by atoms with Crippen molar-refractivity contribution in [2.45, 2.75) is 32.5 Å². The number of carbonyl (C=O) groups is 1. The summed E-state index contributed by atoms with van der Waals surface area (Å²) in [7, 11) is 0. The Morgan fingerprint density at radius 1 is 1.19 bits per heavy atom. The molecule has 0 fully saturated rings. The first kappa shape index (κ1) is 21.3. The van der Waals surface area contributed by atoms with Crippen LogP contribution in [-0.4, -0.2) is 34.6 Å². The summed E-state index contributed by atoms with van der Waals surface area (Å²) in [5.74, 6) is -4.34. The van der Waals surface area contributed by atoms with Crippen molar-refractivity contribution in [1.82, 2.24) is 0 Å². The molecule has 4 nitrogen and oxygen atoms in total. The molecule has 1 atom stereocenters. The van der Waals surface area contributed by atoms with Crippen LogP contribution in [0.15, 0.2) is 22.3 Å². The van der Waals surface area contributed by atoms with Gasteiger partial charge in [0.05, 0.1) is 0 Å². The van der Waals surface area contributed by atoms with Gasteiger partial charge in [-0.3, -0.25) is 9.69 Å². The zero-order chi connectivity index (χ0) is 20.6. The van der Waals surface area contributed by atoms with Crippen molar-refractivity contribution in [3.8, 4) is 0 Å². The van der Waals surface area contributed by atoms with Gasteiger partial charge in [-0.2, -0.15) is 13.2 Å². The minimum Gasteiger partial charge on any atom is -0.292 e. The summed E-state index contributed by atoms with van der Waals surface area (Å²) in [4.78, 5) is 11.8. The highest BCUT2D eigenvalue weighted by Gasteiger charge is 2.58. The molecule has 2 rings (SSSR count). The zero-order valence-electron chi connectivity index (χ0n) is 14.4. The Labute approximate surface area is 155 Å². The summed E-state index contributed by atoms with van der Waals surface area (Å²) in [5, 5.41) is 6.33. The molecule has 0 bridgehead atoms. The third kappa shape index (κ3) is 3.83. The molecule has 27 heavy (non-hydrogen) atoms. The number of benzene rings is 1. The maximum atomic E-state index is 14.2. The van der Waals surface area contributed by atoms with Crippen molar-refractivity contribution < 1.29 is 31.1 Å². The first-order valence-corrected chi connectivity index (χ1v) is 8.67. The molecular weight excluding hydrogens is 396 g/mol. The van der Waals surface area contributed by atoms with Crippen LogP contribution >= 0.6 is 11.8 Å². The number of hydrogen-bond donors (Lipinski definition) is 0. The lowest BCUT2D eigenvalue weighted by molar-refractivity contribution is -0.108. The Balaban J connectivity index is 2.65. The molecule has 11 heteroatoms. The highest BCUT2D eigenvalue weighted by atomic mass is 32.2. The first-order valence-electron chi connectivity index (χ1n) is 7.69. The van der Waals surface area contributed by atoms with Gasteiger partial charge in [-0.15, -0.1) is 22.0 Å². The Bertz CT molecular complexity index is 808. The van der Waals surface area contributed by atoms with E-state index in [1.165, 1.54) is 0 Å². The number of anilines is 1. The van der Waals surface area contributed by atoms with E-state index in [4.69, 9.17) is 0 Å². The van der Waals surface area contributed by atoms with Gasteiger partial charge in [0.2, 0.25) is 6.41 Å². The van der Waals surface area contributed by atoms with Crippen LogP contribution < -0.4 is 4.90 Å². The fraction of sp³-hybridized carbons (Fsp3) is 0.438. The van der Waals surface area contributed by atoms with Crippen LogP contribution in [0.4, 0.5) is 32.0 Å². The summed E-state index contributed by atoms with van der Waals surface area (Å²) in [6.07, 6.45) is -5.24. The van der Waals surface area contributed by atoms with Crippen LogP contribution in [0, 0.1) is 23.4 Å². The van der Waals surface area contributed by atoms with Gasteiger partial charge in [0.1, 0.15) is 22.1 Å². The highest BCUT2D eigenvalue weighted by molar-refractivity contribution is 8.14. The lowest BCUT2D eigenvalue weighted by Crippen LogP contribution is -2.60. The second-order valence-electron chi connectivity index (χ2n) is 6.30. The Morgan fingerprint density at radius 2 is 1.78 bits per heavy atom. The third-order valence-corrected chi connectivity index (χ3v) is 5.37. The molecule has 0 spiro atoms. The monoisotopic (exact) mass is 411 g/mol. The predicted molar refractivity (Wildman–Crippen MR) is 91.5 cm³/mol. The number of hydrogen-bond acceptors (Lipinski definition) is 4. The van der Waals surface area contributed by atoms with Gasteiger partial charge >= 0.3 is 6.18 Å². The SMILES string of the molecule is CC(C)CSC1=NN=C(C(F)(F)F)C1(C)N(C=O)c1c(F)ccc(F)c1F. The number of nitrogens with zero attached hydrogens (tertiary/aromatic N) is 3. The van der Waals surface area contributed by atoms with E-state index in [-0.39, 0.29) is 22.3 Å². The minimum absolute atomic E-state index is 0.0456. The van der Waals surface area contributed by atoms with Crippen molar-refractivity contribution >= 4 is 34.6 Å². The number of alkyl halides is 3. The first-order chi connectivity index (χ1) is 12.4. The lowest BCUT2D eigenvalue weighted by atomic mass is 9.93. The molecule has 0 aromatic heterocycles. The molecule has 1 aromatic carbocycles. The Hall–Kier alpha value is -2.04. The van der Waals surface area contributed by atoms with Gasteiger partial charge in [-0.25, -0.2) is 13.2 Å². The van der Waals surface area contributed by atoms with Crippen LogP contribution in [0.5, 0.6) is 0 Å². The van der Waals surface area contributed by atoms with Gasteiger partial charge in [-0.1, -0.05) is 13.8 Å². The van der Waals surface area contributed by atoms with Crippen LogP contribution in [0.1, 0.15) is 20.8 Å². The normalized spacial score (nSPS) is 19.9. The quantitative estimate of drug-likeness (QED) is 0.406. The van der Waals surface area contributed by atoms with Crippen molar-refractivity contribution in [1.29, 1.82) is 0 Å². The van der Waals surface area contributed by atoms with E-state index in [2.05, 4.69) is 10.2 Å². The molecule has 0 saturated heterocycles. The van der Waals surface area contributed by atoms with E-state index in [0.717, 1.165) is 18.7 Å². The summed E-state index contributed by atoms with van der Waals surface area (Å²) >= 11 is 0.869. The van der Waals surface area contributed by atoms with E-state index >= 15 is 0 Å². The topological polar surface area (TPSA) is 45.0 Å². The van der Waals surface area contributed by atoms with E-state index in [1.807, 2.05) is 0 Å². The lowest BCUT2D eigenvalue weighted by Gasteiger charge is -2.37. The molecule has 1 aromatic rings. The van der Waals surface area contributed by atoms with Crippen LogP contribution in [0.25, 0.3) is 0 Å². The smallest absolute Gasteiger partial charge is 0.292 e. The number of amides is 1. The Kier molecular flexibility index (Phi) is 5.93. The van der Waals surface area contributed by atoms with Crippen LogP contribution in [0.3, 0.4) is 0 Å². The van der Waals surface area contributed by atoms with Crippen LogP contribution in [0.2, 0.25) is 0 Å². The maximum absolute atomic E-state index is 14.2. The summed E-state index contributed by atoms with van der Waals surface area (Å²) in [6, 6.07) is 0.987. The summed E-state index contributed by atoms with van der Waals surface area (Å²) in [6.45, 7) is 4.51. The Morgan fingerprint density at radius 3 is 2.30 bits per heavy atom. The predicted octanol–water partition coefficient (Wildman–Crippen LogP) is 4.55. The van der Waals surface area contributed by atoms with Crippen molar-refractivity contribution in [3.63, 3.8) is 0 Å². The number of carbonyl (C=O) groups excluding carboxylic acids is 1. The number of halogens is 6. The molecule has 148 valence electrons. The molecule has 1 heterocycles. The second kappa shape index (κ2) is 7.53. The number of thioether (sulfide) groups is 1. The van der Waals surface area contributed by atoms with E-state index in [0.29, 0.717) is 17.9 Å². The van der Waals surface area contributed by atoms with Crippen LogP contribution in [-0.2, 0) is 4.79 Å². The molecule has 1 aliphatic rings. The molecule has 0 radical (unpaired) electrons. The average Bonchev–Trinajstić information content (AvgIpc) is 2.90. The molecule has 1 aliphatic heterocycles. The minimum atomic E-state index is -5.04. The maximum Gasteiger partial charge on any atom is 0.434 e. The average molecular weight is 411 g/mol. The molecule has 0 saturated carbocycles. The third-order valence-electron chi connectivity index (χ3n) is 3.79. The van der Waals surface area contributed by atoms with Crippen molar-refractivity contribution in [3.05, 3.63) is 29.6 Å². The molecule has 0 aliphatic carbocycles. The summed E-state index contributed by atoms with van der Waals surface area (Å²) in [5.41, 5.74) is -5.23. The standard InChI is InChI=1S/C16H15F6N3OS/c1-8(2)6-27-14-15(3,13(23-24-14)16(20,21)22)25(7-26)12-10(18)5-4-9(17)11(12)19/h4-5,7-8H,6H2,1-3H3. The van der Waals surface area contributed by atoms with Crippen molar-refractivity contribution in [2.75, 3.05) is 10.7 Å². The fourth-order valence-electron chi connectivity index (χ4n) is 2.48. The van der Waals surface area contributed by atoms with Gasteiger partial charge in [0, 0.05) is 5.75 Å². The molecule has 1 unspecified atom stereocenters. The molecular formula is C16H15F6N3OS. The second-order valence-corrected chi connectivity index (χ2v) is 7.30. The van der Waals surface area contributed by atoms with E-state index < -0.39 is 40.6 Å². The van der Waals surface area contributed by atoms with Gasteiger partial charge in [-0.05, 0) is 25.0 Å². The zero-order valence-corrected chi connectivity index (χ0v) is 15.3. The van der Waals surface area contributed by atoms with Gasteiger partial charge in [0.25, 0.3) is 0 Å². The summed E-state index contributed by atoms with van der Waals surface area (Å²) < 4.78 is 82.5. The van der Waals surface area contributed by atoms with Crippen molar-refractivity contribution in [2.24, 2.45) is 16.1 Å². The van der Waals surface area contributed by atoms with Gasteiger partial charge < -0.3 is 0 Å². The van der Waals surface area contributed by atoms with E-state index in [1.54, 1.807) is 13.8 Å². The molecule has 0 N–H and O–H groups in total. The largest absolute Gasteiger partial charge is 0.434 e. The highest BCUT2D eigenvalue weighted by Crippen LogP contribution is 2.41. The van der Waals surface area contributed by atoms with Gasteiger partial charge in [0.15, 0.2) is 17.3 Å².